The molecule has 3 aromatic rings. The Hall–Kier alpha value is -1.75. The molecule has 0 saturated heterocycles. The highest BCUT2D eigenvalue weighted by molar-refractivity contribution is 7.15. The van der Waals surface area contributed by atoms with E-state index in [0.717, 1.165) is 16.3 Å². The van der Waals surface area contributed by atoms with Crippen LogP contribution in [-0.2, 0) is 6.54 Å². The quantitative estimate of drug-likeness (QED) is 0.626. The molecule has 0 radical (unpaired) electrons. The zero-order valence-electron chi connectivity index (χ0n) is 11.4. The Labute approximate surface area is 142 Å². The van der Waals surface area contributed by atoms with Gasteiger partial charge >= 0.3 is 0 Å². The number of benzene rings is 2. The van der Waals surface area contributed by atoms with Gasteiger partial charge in [0.1, 0.15) is 11.5 Å². The molecular formula is C16H12Cl2N2OS. The number of rotatable bonds is 5. The van der Waals surface area contributed by atoms with E-state index in [4.69, 9.17) is 27.9 Å². The molecule has 0 aliphatic carbocycles. The third kappa shape index (κ3) is 4.13. The van der Waals surface area contributed by atoms with Crippen molar-refractivity contribution < 1.29 is 4.74 Å². The predicted octanol–water partition coefficient (Wildman–Crippen LogP) is 5.85. The highest BCUT2D eigenvalue weighted by Crippen LogP contribution is 2.25. The van der Waals surface area contributed by atoms with Crippen LogP contribution in [0.3, 0.4) is 0 Å². The van der Waals surface area contributed by atoms with Crippen molar-refractivity contribution in [2.75, 3.05) is 5.32 Å². The summed E-state index contributed by atoms with van der Waals surface area (Å²) in [5.74, 6) is 1.47. The Kier molecular flexibility index (Phi) is 4.83. The van der Waals surface area contributed by atoms with Crippen LogP contribution in [0.25, 0.3) is 0 Å². The van der Waals surface area contributed by atoms with E-state index in [0.29, 0.717) is 21.8 Å². The van der Waals surface area contributed by atoms with Crippen molar-refractivity contribution in [3.63, 3.8) is 0 Å². The lowest BCUT2D eigenvalue weighted by Gasteiger charge is -2.08. The second-order valence-corrected chi connectivity index (χ2v) is 6.65. The minimum atomic E-state index is 0.557. The largest absolute Gasteiger partial charge is 0.457 e. The van der Waals surface area contributed by atoms with Crippen LogP contribution in [0.2, 0.25) is 9.49 Å². The molecule has 0 atom stereocenters. The fraction of sp³-hybridized carbons (Fsp3) is 0.0625. The van der Waals surface area contributed by atoms with E-state index in [2.05, 4.69) is 10.3 Å². The Balaban J connectivity index is 1.60. The van der Waals surface area contributed by atoms with Gasteiger partial charge < -0.3 is 10.1 Å². The summed E-state index contributed by atoms with van der Waals surface area (Å²) in [6.07, 6.45) is 1.77. The van der Waals surface area contributed by atoms with Crippen molar-refractivity contribution in [3.05, 3.63) is 69.1 Å². The first kappa shape index (κ1) is 15.2. The van der Waals surface area contributed by atoms with Gasteiger partial charge in [0.15, 0.2) is 4.47 Å². The Bertz CT molecular complexity index is 759. The number of halogens is 2. The normalized spacial score (nSPS) is 10.5. The molecule has 0 unspecified atom stereocenters. The molecule has 1 N–H and O–H groups in total. The fourth-order valence-electron chi connectivity index (χ4n) is 1.86. The first-order chi connectivity index (χ1) is 10.7. The number of thiazole rings is 1. The molecule has 3 nitrogen and oxygen atoms in total. The lowest BCUT2D eigenvalue weighted by molar-refractivity contribution is 0.483. The highest BCUT2D eigenvalue weighted by Gasteiger charge is 2.01. The molecular weight excluding hydrogens is 339 g/mol. The number of anilines is 1. The van der Waals surface area contributed by atoms with Crippen molar-refractivity contribution in [3.8, 4) is 11.5 Å². The third-order valence-electron chi connectivity index (χ3n) is 2.88. The molecule has 2 aromatic carbocycles. The highest BCUT2D eigenvalue weighted by atomic mass is 35.5. The maximum Gasteiger partial charge on any atom is 0.183 e. The third-order valence-corrected chi connectivity index (χ3v) is 4.23. The smallest absolute Gasteiger partial charge is 0.183 e. The number of hydrogen-bond acceptors (Lipinski definition) is 4. The maximum absolute atomic E-state index is 5.93. The lowest BCUT2D eigenvalue weighted by atomic mass is 10.3. The lowest BCUT2D eigenvalue weighted by Crippen LogP contribution is -1.97. The van der Waals surface area contributed by atoms with Gasteiger partial charge in [-0.2, -0.15) is 0 Å². The zero-order valence-corrected chi connectivity index (χ0v) is 13.8. The van der Waals surface area contributed by atoms with Gasteiger partial charge in [-0.1, -0.05) is 29.3 Å². The second-order valence-electron chi connectivity index (χ2n) is 4.52. The number of hydrogen-bond donors (Lipinski definition) is 1. The molecule has 0 aliphatic heterocycles. The summed E-state index contributed by atoms with van der Waals surface area (Å²) < 4.78 is 6.30. The molecule has 0 spiro atoms. The van der Waals surface area contributed by atoms with Gasteiger partial charge in [0.25, 0.3) is 0 Å². The summed E-state index contributed by atoms with van der Waals surface area (Å²) in [5.41, 5.74) is 1.00. The molecule has 0 bridgehead atoms. The van der Waals surface area contributed by atoms with Crippen molar-refractivity contribution in [2.24, 2.45) is 0 Å². The molecule has 112 valence electrons. The van der Waals surface area contributed by atoms with E-state index in [-0.39, 0.29) is 0 Å². The van der Waals surface area contributed by atoms with E-state index in [9.17, 15) is 0 Å². The van der Waals surface area contributed by atoms with E-state index in [1.807, 2.05) is 42.5 Å². The van der Waals surface area contributed by atoms with E-state index in [1.165, 1.54) is 11.3 Å². The number of nitrogens with one attached hydrogen (secondary N) is 1. The van der Waals surface area contributed by atoms with Crippen LogP contribution in [-0.4, -0.2) is 4.98 Å². The van der Waals surface area contributed by atoms with Crippen molar-refractivity contribution in [1.29, 1.82) is 0 Å². The summed E-state index contributed by atoms with van der Waals surface area (Å²) >= 11 is 13.2. The molecule has 0 amide bonds. The monoisotopic (exact) mass is 350 g/mol. The zero-order chi connectivity index (χ0) is 15.4. The van der Waals surface area contributed by atoms with Gasteiger partial charge in [0.05, 0.1) is 6.54 Å². The topological polar surface area (TPSA) is 34.1 Å². The van der Waals surface area contributed by atoms with Gasteiger partial charge in [0.2, 0.25) is 0 Å². The van der Waals surface area contributed by atoms with Gasteiger partial charge in [0, 0.05) is 21.8 Å². The number of nitrogens with zero attached hydrogens (tertiary/aromatic N) is 1. The summed E-state index contributed by atoms with van der Waals surface area (Å²) in [4.78, 5) is 5.10. The van der Waals surface area contributed by atoms with Crippen molar-refractivity contribution in [1.82, 2.24) is 4.98 Å². The molecule has 3 rings (SSSR count). The van der Waals surface area contributed by atoms with E-state index in [1.54, 1.807) is 12.3 Å². The molecule has 6 heteroatoms. The average molecular weight is 351 g/mol. The van der Waals surface area contributed by atoms with Crippen molar-refractivity contribution >= 4 is 40.2 Å². The molecule has 22 heavy (non-hydrogen) atoms. The Morgan fingerprint density at radius 3 is 2.55 bits per heavy atom. The standard InChI is InChI=1S/C16H12Cl2N2OS/c17-11-2-1-3-14(8-11)21-13-6-4-12(5-7-13)19-9-15-10-20-16(18)22-15/h1-8,10,19H,9H2. The Morgan fingerprint density at radius 1 is 1.05 bits per heavy atom. The van der Waals surface area contributed by atoms with E-state index >= 15 is 0 Å². The van der Waals surface area contributed by atoms with Crippen molar-refractivity contribution in [2.45, 2.75) is 6.54 Å². The fourth-order valence-corrected chi connectivity index (χ4v) is 2.96. The van der Waals surface area contributed by atoms with Crippen LogP contribution in [0.5, 0.6) is 11.5 Å². The van der Waals surface area contributed by atoms with E-state index < -0.39 is 0 Å². The molecule has 0 aliphatic rings. The minimum absolute atomic E-state index is 0.557. The summed E-state index contributed by atoms with van der Waals surface area (Å²) in [7, 11) is 0. The molecule has 1 aromatic heterocycles. The summed E-state index contributed by atoms with van der Waals surface area (Å²) in [5, 5.41) is 3.96. The Morgan fingerprint density at radius 2 is 1.86 bits per heavy atom. The van der Waals surface area contributed by atoms with Crippen LogP contribution in [0, 0.1) is 0 Å². The van der Waals surface area contributed by atoms with Crippen LogP contribution in [0.1, 0.15) is 4.88 Å². The molecule has 0 fully saturated rings. The predicted molar refractivity (Wildman–Crippen MR) is 92.4 cm³/mol. The van der Waals surface area contributed by atoms with Crippen LogP contribution in [0.15, 0.2) is 54.7 Å². The average Bonchev–Trinajstić information content (AvgIpc) is 2.92. The first-order valence-corrected chi connectivity index (χ1v) is 8.14. The number of ether oxygens (including phenoxy) is 1. The first-order valence-electron chi connectivity index (χ1n) is 6.56. The summed E-state index contributed by atoms with van der Waals surface area (Å²) in [6.45, 7) is 0.693. The van der Waals surface area contributed by atoms with Gasteiger partial charge in [-0.05, 0) is 42.5 Å². The second kappa shape index (κ2) is 7.01. The van der Waals surface area contributed by atoms with Gasteiger partial charge in [-0.25, -0.2) is 4.98 Å². The van der Waals surface area contributed by atoms with Crippen LogP contribution >= 0.6 is 34.5 Å². The minimum Gasteiger partial charge on any atom is -0.457 e. The van der Waals surface area contributed by atoms with Gasteiger partial charge in [-0.3, -0.25) is 0 Å². The SMILES string of the molecule is Clc1cccc(Oc2ccc(NCc3cnc(Cl)s3)cc2)c1. The maximum atomic E-state index is 5.93. The molecule has 0 saturated carbocycles. The number of aromatic nitrogens is 1. The van der Waals surface area contributed by atoms with Gasteiger partial charge in [-0.15, -0.1) is 11.3 Å². The molecule has 1 heterocycles. The summed E-state index contributed by atoms with van der Waals surface area (Å²) in [6, 6.07) is 15.0. The van der Waals surface area contributed by atoms with Crippen LogP contribution in [0.4, 0.5) is 5.69 Å². The van der Waals surface area contributed by atoms with Crippen LogP contribution < -0.4 is 10.1 Å².